The minimum Gasteiger partial charge on any atom is -0.380 e. The van der Waals surface area contributed by atoms with Crippen molar-refractivity contribution in [1.82, 2.24) is 9.80 Å². The van der Waals surface area contributed by atoms with Gasteiger partial charge in [0.25, 0.3) is 11.8 Å². The first-order valence-electron chi connectivity index (χ1n) is 16.7. The Bertz CT molecular complexity index is 1520. The number of fused-ring (bicyclic) bond motifs is 1. The molecule has 2 aliphatic heterocycles. The van der Waals surface area contributed by atoms with Crippen LogP contribution in [0.3, 0.4) is 0 Å². The molecule has 0 aromatic heterocycles. The molecule has 2 heterocycles. The van der Waals surface area contributed by atoms with Gasteiger partial charge in [0.05, 0.1) is 5.69 Å². The molecule has 1 saturated heterocycles. The number of carbonyl (C=O) groups excluding carboxylic acids is 2. The maximum Gasteiger partial charge on any atom is 0.254 e. The van der Waals surface area contributed by atoms with E-state index in [-0.39, 0.29) is 23.0 Å². The third kappa shape index (κ3) is 6.36. The smallest absolute Gasteiger partial charge is 0.254 e. The molecule has 0 spiro atoms. The normalized spacial score (nSPS) is 21.9. The van der Waals surface area contributed by atoms with Crippen LogP contribution in [0.4, 0.5) is 10.1 Å². The van der Waals surface area contributed by atoms with Crippen molar-refractivity contribution in [2.24, 2.45) is 0 Å². The minimum atomic E-state index is -1.16. The number of thioether (sulfide) groups is 1. The van der Waals surface area contributed by atoms with E-state index in [4.69, 9.17) is 0 Å². The summed E-state index contributed by atoms with van der Waals surface area (Å²) < 4.78 is 13.9. The highest BCUT2D eigenvalue weighted by atomic mass is 32.2. The van der Waals surface area contributed by atoms with Crippen LogP contribution in [0, 0.1) is 5.82 Å². The number of piperazine rings is 1. The molecule has 0 bridgehead atoms. The summed E-state index contributed by atoms with van der Waals surface area (Å²) >= 11 is 1.86. The second-order valence-electron chi connectivity index (χ2n) is 13.2. The van der Waals surface area contributed by atoms with E-state index in [2.05, 4.69) is 23.1 Å². The van der Waals surface area contributed by atoms with Gasteiger partial charge in [-0.3, -0.25) is 9.59 Å². The maximum absolute atomic E-state index is 13.9. The van der Waals surface area contributed by atoms with Crippen molar-refractivity contribution < 1.29 is 19.1 Å². The molecule has 3 aromatic carbocycles. The second-order valence-corrected chi connectivity index (χ2v) is 14.3. The summed E-state index contributed by atoms with van der Waals surface area (Å²) in [6.45, 7) is 1.84. The van der Waals surface area contributed by atoms with E-state index in [1.165, 1.54) is 61.9 Å². The van der Waals surface area contributed by atoms with E-state index >= 15 is 0 Å². The molecule has 1 N–H and O–H groups in total. The van der Waals surface area contributed by atoms with E-state index in [1.54, 1.807) is 21.9 Å². The first-order chi connectivity index (χ1) is 21.9. The van der Waals surface area contributed by atoms with Crippen molar-refractivity contribution in [3.8, 4) is 11.1 Å². The third-order valence-electron chi connectivity index (χ3n) is 10.0. The van der Waals surface area contributed by atoms with E-state index in [9.17, 15) is 19.1 Å². The van der Waals surface area contributed by atoms with Crippen molar-refractivity contribution >= 4 is 29.3 Å². The molecule has 7 rings (SSSR count). The van der Waals surface area contributed by atoms with Crippen LogP contribution in [0.1, 0.15) is 85.5 Å². The Morgan fingerprint density at radius 1 is 0.756 bits per heavy atom. The quantitative estimate of drug-likeness (QED) is 0.319. The predicted octanol–water partition coefficient (Wildman–Crippen LogP) is 7.42. The van der Waals surface area contributed by atoms with Crippen LogP contribution in [0.15, 0.2) is 71.6 Å². The van der Waals surface area contributed by atoms with Gasteiger partial charge in [0, 0.05) is 42.7 Å². The van der Waals surface area contributed by atoms with Gasteiger partial charge in [-0.2, -0.15) is 0 Å². The summed E-state index contributed by atoms with van der Waals surface area (Å²) in [5.41, 5.74) is 4.04. The van der Waals surface area contributed by atoms with Crippen LogP contribution in [0.25, 0.3) is 11.1 Å². The molecular weight excluding hydrogens is 585 g/mol. The number of hydrogen-bond acceptors (Lipinski definition) is 5. The largest absolute Gasteiger partial charge is 0.380 e. The SMILES string of the molecule is O=C(c1ccc(-c2ccc3c(c2)SC(c2ccc(F)cc2)N3C2CCCCCCCC2)cc1)N1CCN(C(=O)C2(O)CC2)CC1. The van der Waals surface area contributed by atoms with E-state index in [1.807, 2.05) is 48.2 Å². The van der Waals surface area contributed by atoms with Gasteiger partial charge in [-0.05, 0) is 78.8 Å². The molecule has 1 atom stereocenters. The van der Waals surface area contributed by atoms with Gasteiger partial charge in [0.15, 0.2) is 0 Å². The Morgan fingerprint density at radius 2 is 1.36 bits per heavy atom. The number of benzene rings is 3. The average Bonchev–Trinajstić information content (AvgIpc) is 3.67. The van der Waals surface area contributed by atoms with Gasteiger partial charge in [-0.1, -0.05) is 80.6 Å². The molecule has 45 heavy (non-hydrogen) atoms. The van der Waals surface area contributed by atoms with Gasteiger partial charge < -0.3 is 19.8 Å². The van der Waals surface area contributed by atoms with Gasteiger partial charge >= 0.3 is 0 Å². The first kappa shape index (κ1) is 30.3. The summed E-state index contributed by atoms with van der Waals surface area (Å²) in [4.78, 5) is 33.1. The molecule has 4 aliphatic rings. The number of rotatable bonds is 5. The van der Waals surface area contributed by atoms with Crippen LogP contribution < -0.4 is 4.90 Å². The zero-order valence-electron chi connectivity index (χ0n) is 25.8. The van der Waals surface area contributed by atoms with E-state index in [0.717, 1.165) is 16.7 Å². The maximum atomic E-state index is 13.9. The standard InChI is InChI=1S/C37H42FN3O3S/c38-30-16-13-28(14-17-30)35-41(31-7-5-3-1-2-4-6-8-31)32-18-15-29(25-33(32)45-35)26-9-11-27(12-10-26)34(42)39-21-23-40(24-22-39)36(43)37(44)19-20-37/h9-18,25,31,35,44H,1-8,19-24H2. The zero-order valence-corrected chi connectivity index (χ0v) is 26.6. The monoisotopic (exact) mass is 627 g/mol. The number of anilines is 1. The lowest BCUT2D eigenvalue weighted by atomic mass is 9.99. The number of nitrogens with zero attached hydrogens (tertiary/aromatic N) is 3. The fourth-order valence-electron chi connectivity index (χ4n) is 7.17. The Labute approximate surface area is 269 Å². The molecule has 8 heteroatoms. The highest BCUT2D eigenvalue weighted by Crippen LogP contribution is 2.54. The van der Waals surface area contributed by atoms with Gasteiger partial charge in [0.1, 0.15) is 16.8 Å². The van der Waals surface area contributed by atoms with Crippen LogP contribution in [0.5, 0.6) is 0 Å². The second kappa shape index (κ2) is 12.8. The lowest BCUT2D eigenvalue weighted by Gasteiger charge is -2.35. The molecule has 0 radical (unpaired) electrons. The molecule has 6 nitrogen and oxygen atoms in total. The Hall–Kier alpha value is -3.36. The van der Waals surface area contributed by atoms with Crippen LogP contribution >= 0.6 is 11.8 Å². The Morgan fingerprint density at radius 3 is 2.00 bits per heavy atom. The summed E-state index contributed by atoms with van der Waals surface area (Å²) in [7, 11) is 0. The summed E-state index contributed by atoms with van der Waals surface area (Å²) in [6, 6.07) is 22.0. The number of amides is 2. The molecule has 3 aromatic rings. The van der Waals surface area contributed by atoms with Gasteiger partial charge in [-0.15, -0.1) is 0 Å². The fraction of sp³-hybridized carbons (Fsp3) is 0.459. The number of hydrogen-bond donors (Lipinski definition) is 1. The molecule has 2 saturated carbocycles. The van der Waals surface area contributed by atoms with Crippen molar-refractivity contribution in [3.63, 3.8) is 0 Å². The highest BCUT2D eigenvalue weighted by molar-refractivity contribution is 8.00. The lowest BCUT2D eigenvalue weighted by molar-refractivity contribution is -0.143. The molecule has 2 aliphatic carbocycles. The van der Waals surface area contributed by atoms with Crippen molar-refractivity contribution in [2.75, 3.05) is 31.1 Å². The van der Waals surface area contributed by atoms with Crippen LogP contribution in [0.2, 0.25) is 0 Å². The summed E-state index contributed by atoms with van der Waals surface area (Å²) in [5.74, 6) is -0.433. The highest BCUT2D eigenvalue weighted by Gasteiger charge is 2.50. The summed E-state index contributed by atoms with van der Waals surface area (Å²) in [6.07, 6.45) is 11.2. The average molecular weight is 628 g/mol. The molecule has 2 amide bonds. The number of carbonyl (C=O) groups is 2. The van der Waals surface area contributed by atoms with Crippen molar-refractivity contribution in [1.29, 1.82) is 0 Å². The number of aliphatic hydroxyl groups is 1. The van der Waals surface area contributed by atoms with E-state index < -0.39 is 5.60 Å². The molecule has 3 fully saturated rings. The van der Waals surface area contributed by atoms with Gasteiger partial charge in [-0.25, -0.2) is 4.39 Å². The summed E-state index contributed by atoms with van der Waals surface area (Å²) in [5, 5.41) is 10.3. The molecular formula is C37H42FN3O3S. The molecule has 236 valence electrons. The number of halogens is 1. The zero-order chi connectivity index (χ0) is 31.0. The fourth-order valence-corrected chi connectivity index (χ4v) is 8.59. The Balaban J connectivity index is 1.08. The predicted molar refractivity (Wildman–Crippen MR) is 177 cm³/mol. The van der Waals surface area contributed by atoms with Crippen molar-refractivity contribution in [3.05, 3.63) is 83.7 Å². The van der Waals surface area contributed by atoms with Crippen LogP contribution in [-0.2, 0) is 4.79 Å². The van der Waals surface area contributed by atoms with E-state index in [0.29, 0.717) is 50.6 Å². The lowest BCUT2D eigenvalue weighted by Crippen LogP contribution is -2.53. The first-order valence-corrected chi connectivity index (χ1v) is 17.5. The van der Waals surface area contributed by atoms with Gasteiger partial charge in [0.2, 0.25) is 0 Å². The third-order valence-corrected chi connectivity index (χ3v) is 11.3. The Kier molecular flexibility index (Phi) is 8.62. The topological polar surface area (TPSA) is 64.1 Å². The molecule has 1 unspecified atom stereocenters. The minimum absolute atomic E-state index is 0.0314. The van der Waals surface area contributed by atoms with Crippen molar-refractivity contribution in [2.45, 2.75) is 86.1 Å². The van der Waals surface area contributed by atoms with Crippen LogP contribution in [-0.4, -0.2) is 64.5 Å².